The van der Waals surface area contributed by atoms with E-state index in [0.29, 0.717) is 18.7 Å². The van der Waals surface area contributed by atoms with Crippen LogP contribution in [0.5, 0.6) is 0 Å². The smallest absolute Gasteiger partial charge is 0.254 e. The number of nitrogens with one attached hydrogen (secondary N) is 1. The molecule has 96 valence electrons. The largest absolute Gasteiger partial charge is 0.353 e. The molecule has 18 heavy (non-hydrogen) atoms. The second-order valence-corrected chi connectivity index (χ2v) is 4.95. The Morgan fingerprint density at radius 3 is 2.94 bits per heavy atom. The molecule has 0 aromatic heterocycles. The van der Waals surface area contributed by atoms with Crippen LogP contribution in [-0.2, 0) is 4.79 Å². The van der Waals surface area contributed by atoms with E-state index in [1.54, 1.807) is 6.92 Å². The third-order valence-corrected chi connectivity index (χ3v) is 3.53. The first kappa shape index (κ1) is 13.0. The molecular weight excluding hydrogens is 303 g/mol. The molecule has 1 aromatic carbocycles. The number of rotatable bonds is 1. The summed E-state index contributed by atoms with van der Waals surface area (Å²) < 4.78 is 13.3. The van der Waals surface area contributed by atoms with Crippen molar-refractivity contribution >= 4 is 27.7 Å². The maximum atomic E-state index is 13.1. The minimum absolute atomic E-state index is 0.171. The van der Waals surface area contributed by atoms with Gasteiger partial charge in [0.1, 0.15) is 11.9 Å². The third kappa shape index (κ3) is 2.38. The lowest BCUT2D eigenvalue weighted by molar-refractivity contribution is -0.127. The minimum Gasteiger partial charge on any atom is -0.353 e. The van der Waals surface area contributed by atoms with Crippen LogP contribution in [0, 0.1) is 5.82 Å². The molecule has 1 saturated heterocycles. The number of hydrogen-bond donors (Lipinski definition) is 1. The highest BCUT2D eigenvalue weighted by atomic mass is 79.9. The molecule has 0 radical (unpaired) electrons. The van der Waals surface area contributed by atoms with E-state index in [9.17, 15) is 14.0 Å². The van der Waals surface area contributed by atoms with Crippen LogP contribution in [0.4, 0.5) is 4.39 Å². The first-order valence-corrected chi connectivity index (χ1v) is 6.33. The zero-order valence-corrected chi connectivity index (χ0v) is 11.3. The number of hydrogen-bond acceptors (Lipinski definition) is 2. The van der Waals surface area contributed by atoms with E-state index in [2.05, 4.69) is 21.2 Å². The molecule has 6 heteroatoms. The predicted octanol–water partition coefficient (Wildman–Crippen LogP) is 1.55. The fraction of sp³-hybridized carbons (Fsp3) is 0.333. The summed E-state index contributed by atoms with van der Waals surface area (Å²) in [6.07, 6.45) is 0. The lowest BCUT2D eigenvalue weighted by Crippen LogP contribution is -2.55. The lowest BCUT2D eigenvalue weighted by Gasteiger charge is -2.32. The molecule has 1 fully saturated rings. The monoisotopic (exact) mass is 314 g/mol. The van der Waals surface area contributed by atoms with Crippen molar-refractivity contribution in [2.24, 2.45) is 0 Å². The molecule has 1 unspecified atom stereocenters. The Hall–Kier alpha value is -1.43. The van der Waals surface area contributed by atoms with Crippen molar-refractivity contribution in [1.82, 2.24) is 10.2 Å². The summed E-state index contributed by atoms with van der Waals surface area (Å²) in [5.74, 6) is -0.857. The summed E-state index contributed by atoms with van der Waals surface area (Å²) in [5.41, 5.74) is 0.366. The Bertz CT molecular complexity index is 507. The fourth-order valence-electron chi connectivity index (χ4n) is 1.85. The second-order valence-electron chi connectivity index (χ2n) is 4.09. The second kappa shape index (κ2) is 5.06. The first-order valence-electron chi connectivity index (χ1n) is 5.54. The zero-order chi connectivity index (χ0) is 13.3. The molecule has 4 nitrogen and oxygen atoms in total. The van der Waals surface area contributed by atoms with Gasteiger partial charge in [0.05, 0.1) is 4.47 Å². The van der Waals surface area contributed by atoms with Crippen molar-refractivity contribution in [2.45, 2.75) is 13.0 Å². The Kier molecular flexibility index (Phi) is 3.65. The van der Waals surface area contributed by atoms with E-state index in [1.807, 2.05) is 0 Å². The van der Waals surface area contributed by atoms with E-state index in [0.717, 1.165) is 0 Å². The number of nitrogens with zero attached hydrogens (tertiary/aromatic N) is 1. The van der Waals surface area contributed by atoms with Crippen LogP contribution in [0.3, 0.4) is 0 Å². The fourth-order valence-corrected chi connectivity index (χ4v) is 2.23. The van der Waals surface area contributed by atoms with E-state index in [4.69, 9.17) is 0 Å². The van der Waals surface area contributed by atoms with Gasteiger partial charge in [-0.2, -0.15) is 0 Å². The highest BCUT2D eigenvalue weighted by molar-refractivity contribution is 9.10. The van der Waals surface area contributed by atoms with Gasteiger partial charge >= 0.3 is 0 Å². The Labute approximate surface area is 112 Å². The number of amides is 2. The van der Waals surface area contributed by atoms with Gasteiger partial charge in [0.25, 0.3) is 5.91 Å². The number of benzene rings is 1. The summed E-state index contributed by atoms with van der Waals surface area (Å²) >= 11 is 3.04. The van der Waals surface area contributed by atoms with Crippen LogP contribution in [0.2, 0.25) is 0 Å². The van der Waals surface area contributed by atoms with Gasteiger partial charge in [-0.25, -0.2) is 4.39 Å². The highest BCUT2D eigenvalue weighted by Gasteiger charge is 2.29. The Morgan fingerprint density at radius 1 is 1.56 bits per heavy atom. The van der Waals surface area contributed by atoms with Crippen molar-refractivity contribution in [3.8, 4) is 0 Å². The van der Waals surface area contributed by atoms with Crippen LogP contribution >= 0.6 is 15.9 Å². The van der Waals surface area contributed by atoms with Gasteiger partial charge in [0.15, 0.2) is 0 Å². The first-order chi connectivity index (χ1) is 8.50. The van der Waals surface area contributed by atoms with Gasteiger partial charge in [-0.1, -0.05) is 0 Å². The maximum absolute atomic E-state index is 13.1. The topological polar surface area (TPSA) is 49.4 Å². The van der Waals surface area contributed by atoms with E-state index >= 15 is 0 Å². The molecule has 1 N–H and O–H groups in total. The van der Waals surface area contributed by atoms with Gasteiger partial charge < -0.3 is 10.2 Å². The van der Waals surface area contributed by atoms with Crippen LogP contribution < -0.4 is 5.32 Å². The van der Waals surface area contributed by atoms with E-state index in [1.165, 1.54) is 23.1 Å². The summed E-state index contributed by atoms with van der Waals surface area (Å²) in [6.45, 7) is 2.57. The normalized spacial score (nSPS) is 19.6. The summed E-state index contributed by atoms with van der Waals surface area (Å²) in [4.78, 5) is 25.2. The van der Waals surface area contributed by atoms with Crippen LogP contribution in [-0.4, -0.2) is 35.8 Å². The summed E-state index contributed by atoms with van der Waals surface area (Å²) in [7, 11) is 0. The van der Waals surface area contributed by atoms with Crippen LogP contribution in [0.1, 0.15) is 17.3 Å². The van der Waals surface area contributed by atoms with Crippen LogP contribution in [0.15, 0.2) is 22.7 Å². The Morgan fingerprint density at radius 2 is 2.28 bits per heavy atom. The quantitative estimate of drug-likeness (QED) is 0.855. The van der Waals surface area contributed by atoms with Gasteiger partial charge in [0.2, 0.25) is 5.91 Å². The average Bonchev–Trinajstić information content (AvgIpc) is 2.35. The Balaban J connectivity index is 2.25. The SMILES string of the molecule is CC1C(=O)NCCN1C(=O)c1ccc(F)c(Br)c1. The van der Waals surface area contributed by atoms with Crippen molar-refractivity contribution in [3.05, 3.63) is 34.1 Å². The maximum Gasteiger partial charge on any atom is 0.254 e. The van der Waals surface area contributed by atoms with Crippen molar-refractivity contribution in [3.63, 3.8) is 0 Å². The van der Waals surface area contributed by atoms with Crippen molar-refractivity contribution < 1.29 is 14.0 Å². The summed E-state index contributed by atoms with van der Waals surface area (Å²) in [6, 6.07) is 3.57. The minimum atomic E-state index is -0.505. The standard InChI is InChI=1S/C12H12BrFN2O2/c1-7-11(17)15-4-5-16(7)12(18)8-2-3-10(14)9(13)6-8/h2-3,6-7H,4-5H2,1H3,(H,15,17). The number of carbonyl (C=O) groups is 2. The summed E-state index contributed by atoms with van der Waals surface area (Å²) in [5, 5.41) is 2.69. The van der Waals surface area contributed by atoms with Gasteiger partial charge in [-0.15, -0.1) is 0 Å². The van der Waals surface area contributed by atoms with E-state index < -0.39 is 11.9 Å². The predicted molar refractivity (Wildman–Crippen MR) is 67.6 cm³/mol. The molecule has 0 saturated carbocycles. The molecule has 2 amide bonds. The number of piperazine rings is 1. The van der Waals surface area contributed by atoms with E-state index in [-0.39, 0.29) is 16.3 Å². The number of carbonyl (C=O) groups excluding carboxylic acids is 2. The molecule has 1 aromatic rings. The zero-order valence-electron chi connectivity index (χ0n) is 9.74. The van der Waals surface area contributed by atoms with Gasteiger partial charge in [-0.05, 0) is 41.1 Å². The lowest BCUT2D eigenvalue weighted by atomic mass is 10.1. The molecular formula is C12H12BrFN2O2. The van der Waals surface area contributed by atoms with Crippen LogP contribution in [0.25, 0.3) is 0 Å². The van der Waals surface area contributed by atoms with Crippen molar-refractivity contribution in [2.75, 3.05) is 13.1 Å². The average molecular weight is 315 g/mol. The molecule has 0 bridgehead atoms. The third-order valence-electron chi connectivity index (χ3n) is 2.93. The molecule has 1 atom stereocenters. The molecule has 1 aliphatic rings. The highest BCUT2D eigenvalue weighted by Crippen LogP contribution is 2.19. The van der Waals surface area contributed by atoms with Gasteiger partial charge in [0, 0.05) is 18.7 Å². The number of halogens is 2. The van der Waals surface area contributed by atoms with Gasteiger partial charge in [-0.3, -0.25) is 9.59 Å². The molecule has 0 spiro atoms. The molecule has 0 aliphatic carbocycles. The molecule has 2 rings (SSSR count). The molecule has 1 aliphatic heterocycles. The molecule has 1 heterocycles. The van der Waals surface area contributed by atoms with Crippen molar-refractivity contribution in [1.29, 1.82) is 0 Å².